The average molecular weight is 181 g/mol. The first kappa shape index (κ1) is 10.5. The van der Waals surface area contributed by atoms with Gasteiger partial charge in [-0.25, -0.2) is 0 Å². The van der Waals surface area contributed by atoms with Crippen LogP contribution in [0.2, 0.25) is 0 Å². The number of hydrogen-bond donors (Lipinski definition) is 0. The minimum Gasteiger partial charge on any atom is -0.304 e. The Hall–Kier alpha value is -0.630. The monoisotopic (exact) mass is 181 g/mol. The number of rotatable bonds is 4. The third-order valence-corrected chi connectivity index (χ3v) is 2.96. The molecule has 1 fully saturated rings. The van der Waals surface area contributed by atoms with Crippen LogP contribution < -0.4 is 0 Å². The van der Waals surface area contributed by atoms with Gasteiger partial charge in [-0.3, -0.25) is 0 Å². The minimum atomic E-state index is 0.552. The van der Waals surface area contributed by atoms with Crippen LogP contribution in [-0.2, 0) is 4.79 Å². The Labute approximate surface area is 80.6 Å². The second-order valence-corrected chi connectivity index (χ2v) is 3.74. The Morgan fingerprint density at radius 3 is 2.62 bits per heavy atom. The fourth-order valence-corrected chi connectivity index (χ4v) is 1.93. The summed E-state index contributed by atoms with van der Waals surface area (Å²) in [7, 11) is 0. The molecule has 74 valence electrons. The molecule has 1 aliphatic rings. The standard InChI is InChI=1S/C11H19NO/c1-3-12-7-4-11(5-8-12)10(2)6-9-13/h9,11H,2-8H2,1H3. The Balaban J connectivity index is 2.31. The van der Waals surface area contributed by atoms with Crippen LogP contribution in [0, 0.1) is 5.92 Å². The van der Waals surface area contributed by atoms with Crippen molar-refractivity contribution in [2.75, 3.05) is 19.6 Å². The van der Waals surface area contributed by atoms with Gasteiger partial charge in [0.15, 0.2) is 0 Å². The molecule has 0 radical (unpaired) electrons. The molecule has 1 aliphatic heterocycles. The van der Waals surface area contributed by atoms with Crippen molar-refractivity contribution in [1.82, 2.24) is 4.90 Å². The molecule has 0 atom stereocenters. The molecule has 2 nitrogen and oxygen atoms in total. The van der Waals surface area contributed by atoms with Gasteiger partial charge in [0.2, 0.25) is 0 Å². The lowest BCUT2D eigenvalue weighted by Gasteiger charge is -2.31. The van der Waals surface area contributed by atoms with Gasteiger partial charge >= 0.3 is 0 Å². The number of carbonyl (C=O) groups excluding carboxylic acids is 1. The molecule has 0 aromatic heterocycles. The third-order valence-electron chi connectivity index (χ3n) is 2.96. The van der Waals surface area contributed by atoms with E-state index in [2.05, 4.69) is 18.4 Å². The number of likely N-dealkylation sites (tertiary alicyclic amines) is 1. The molecule has 0 aromatic carbocycles. The van der Waals surface area contributed by atoms with Crippen LogP contribution in [-0.4, -0.2) is 30.8 Å². The summed E-state index contributed by atoms with van der Waals surface area (Å²) in [5.74, 6) is 0.591. The summed E-state index contributed by atoms with van der Waals surface area (Å²) in [6.45, 7) is 9.64. The topological polar surface area (TPSA) is 20.3 Å². The summed E-state index contributed by atoms with van der Waals surface area (Å²) in [5, 5.41) is 0. The molecule has 0 N–H and O–H groups in total. The number of carbonyl (C=O) groups is 1. The highest BCUT2D eigenvalue weighted by atomic mass is 16.1. The first-order chi connectivity index (χ1) is 6.27. The Kier molecular flexibility index (Phi) is 4.16. The second-order valence-electron chi connectivity index (χ2n) is 3.74. The van der Waals surface area contributed by atoms with Crippen molar-refractivity contribution >= 4 is 6.29 Å². The molecular formula is C11H19NO. The SMILES string of the molecule is C=C(CC=O)C1CCN(CC)CC1. The molecule has 0 aliphatic carbocycles. The van der Waals surface area contributed by atoms with Crippen LogP contribution in [0.25, 0.3) is 0 Å². The molecular weight excluding hydrogens is 162 g/mol. The fourth-order valence-electron chi connectivity index (χ4n) is 1.93. The van der Waals surface area contributed by atoms with Gasteiger partial charge in [-0.05, 0) is 38.4 Å². The molecule has 0 bridgehead atoms. The summed E-state index contributed by atoms with van der Waals surface area (Å²) in [6.07, 6.45) is 3.88. The lowest BCUT2D eigenvalue weighted by Crippen LogP contribution is -2.33. The Morgan fingerprint density at radius 1 is 1.54 bits per heavy atom. The van der Waals surface area contributed by atoms with Crippen molar-refractivity contribution in [1.29, 1.82) is 0 Å². The van der Waals surface area contributed by atoms with E-state index >= 15 is 0 Å². The molecule has 2 heteroatoms. The number of allylic oxidation sites excluding steroid dienone is 1. The van der Waals surface area contributed by atoms with E-state index in [9.17, 15) is 4.79 Å². The number of piperidine rings is 1. The Morgan fingerprint density at radius 2 is 2.15 bits per heavy atom. The molecule has 0 aromatic rings. The van der Waals surface area contributed by atoms with Crippen molar-refractivity contribution in [2.45, 2.75) is 26.2 Å². The van der Waals surface area contributed by atoms with Crippen LogP contribution in [0.5, 0.6) is 0 Å². The van der Waals surface area contributed by atoms with E-state index in [0.29, 0.717) is 12.3 Å². The van der Waals surface area contributed by atoms with E-state index in [1.165, 1.54) is 25.9 Å². The first-order valence-corrected chi connectivity index (χ1v) is 5.11. The van der Waals surface area contributed by atoms with Crippen LogP contribution in [0.1, 0.15) is 26.2 Å². The van der Waals surface area contributed by atoms with E-state index in [4.69, 9.17) is 0 Å². The van der Waals surface area contributed by atoms with Crippen LogP contribution in [0.15, 0.2) is 12.2 Å². The molecule has 1 saturated heterocycles. The van der Waals surface area contributed by atoms with Gasteiger partial charge in [-0.1, -0.05) is 19.1 Å². The van der Waals surface area contributed by atoms with Crippen molar-refractivity contribution in [3.8, 4) is 0 Å². The van der Waals surface area contributed by atoms with E-state index < -0.39 is 0 Å². The lowest BCUT2D eigenvalue weighted by atomic mass is 9.89. The summed E-state index contributed by atoms with van der Waals surface area (Å²) in [4.78, 5) is 12.8. The van der Waals surface area contributed by atoms with E-state index in [0.717, 1.165) is 18.4 Å². The molecule has 1 rings (SSSR count). The highest BCUT2D eigenvalue weighted by Crippen LogP contribution is 2.24. The molecule has 0 saturated carbocycles. The number of hydrogen-bond acceptors (Lipinski definition) is 2. The van der Waals surface area contributed by atoms with Crippen LogP contribution >= 0.6 is 0 Å². The number of aldehydes is 1. The van der Waals surface area contributed by atoms with Crippen molar-refractivity contribution in [3.63, 3.8) is 0 Å². The Bertz CT molecular complexity index is 181. The number of nitrogens with zero attached hydrogens (tertiary/aromatic N) is 1. The largest absolute Gasteiger partial charge is 0.304 e. The van der Waals surface area contributed by atoms with Gasteiger partial charge in [0.1, 0.15) is 6.29 Å². The predicted molar refractivity (Wildman–Crippen MR) is 54.7 cm³/mol. The third kappa shape index (κ3) is 2.96. The molecule has 0 unspecified atom stereocenters. The summed E-state index contributed by atoms with van der Waals surface area (Å²) in [6, 6.07) is 0. The highest BCUT2D eigenvalue weighted by Gasteiger charge is 2.19. The lowest BCUT2D eigenvalue weighted by molar-refractivity contribution is -0.107. The maximum Gasteiger partial charge on any atom is 0.124 e. The normalized spacial score (nSPS) is 20.1. The molecule has 0 amide bonds. The summed E-state index contributed by atoms with van der Waals surface area (Å²) in [5.41, 5.74) is 1.13. The van der Waals surface area contributed by atoms with Gasteiger partial charge in [-0.2, -0.15) is 0 Å². The first-order valence-electron chi connectivity index (χ1n) is 5.11. The maximum absolute atomic E-state index is 10.3. The van der Waals surface area contributed by atoms with E-state index in [1.807, 2.05) is 0 Å². The van der Waals surface area contributed by atoms with Crippen molar-refractivity contribution < 1.29 is 4.79 Å². The zero-order chi connectivity index (χ0) is 9.68. The van der Waals surface area contributed by atoms with E-state index in [1.54, 1.807) is 0 Å². The zero-order valence-corrected chi connectivity index (χ0v) is 8.46. The predicted octanol–water partition coefficient (Wildman–Crippen LogP) is 1.86. The molecule has 1 heterocycles. The zero-order valence-electron chi connectivity index (χ0n) is 8.46. The average Bonchev–Trinajstić information content (AvgIpc) is 2.18. The van der Waals surface area contributed by atoms with Crippen molar-refractivity contribution in [3.05, 3.63) is 12.2 Å². The van der Waals surface area contributed by atoms with Gasteiger partial charge in [-0.15, -0.1) is 0 Å². The summed E-state index contributed by atoms with van der Waals surface area (Å²) >= 11 is 0. The quantitative estimate of drug-likeness (QED) is 0.487. The van der Waals surface area contributed by atoms with Crippen molar-refractivity contribution in [2.24, 2.45) is 5.92 Å². The summed E-state index contributed by atoms with van der Waals surface area (Å²) < 4.78 is 0. The van der Waals surface area contributed by atoms with E-state index in [-0.39, 0.29) is 0 Å². The van der Waals surface area contributed by atoms with Gasteiger partial charge in [0.25, 0.3) is 0 Å². The molecule has 0 spiro atoms. The smallest absolute Gasteiger partial charge is 0.124 e. The second kappa shape index (κ2) is 5.18. The van der Waals surface area contributed by atoms with Gasteiger partial charge in [0.05, 0.1) is 0 Å². The maximum atomic E-state index is 10.3. The minimum absolute atomic E-state index is 0.552. The van der Waals surface area contributed by atoms with Crippen LogP contribution in [0.4, 0.5) is 0 Å². The van der Waals surface area contributed by atoms with Crippen LogP contribution in [0.3, 0.4) is 0 Å². The highest BCUT2D eigenvalue weighted by molar-refractivity contribution is 5.54. The molecule has 13 heavy (non-hydrogen) atoms. The fraction of sp³-hybridized carbons (Fsp3) is 0.727. The van der Waals surface area contributed by atoms with Gasteiger partial charge < -0.3 is 9.69 Å². The van der Waals surface area contributed by atoms with Gasteiger partial charge in [0, 0.05) is 6.42 Å².